The summed E-state index contributed by atoms with van der Waals surface area (Å²) in [6, 6.07) is 0.769. The zero-order valence-electron chi connectivity index (χ0n) is 22.0. The van der Waals surface area contributed by atoms with Crippen LogP contribution in [-0.2, 0) is 35.2 Å². The van der Waals surface area contributed by atoms with E-state index in [1.165, 1.54) is 46.1 Å². The van der Waals surface area contributed by atoms with Crippen LogP contribution >= 0.6 is 0 Å². The zero-order valence-corrected chi connectivity index (χ0v) is 22.0. The highest BCUT2D eigenvalue weighted by atomic mass is 19.3. The number of nitrogens with two attached hydrogens (primary N) is 1. The number of hydrogen-bond acceptors (Lipinski definition) is 8. The Morgan fingerprint density at radius 1 is 0.897 bits per heavy atom. The Labute approximate surface area is 224 Å². The van der Waals surface area contributed by atoms with Crippen LogP contribution in [0.25, 0.3) is 0 Å². The highest BCUT2D eigenvalue weighted by molar-refractivity contribution is 6.11. The molecule has 0 aliphatic rings. The number of ketones is 1. The van der Waals surface area contributed by atoms with E-state index in [-0.39, 0.29) is 0 Å². The number of aliphatic hydroxyl groups is 1. The normalized spacial score (nSPS) is 15.2. The molecule has 0 bridgehead atoms. The molecule has 0 spiro atoms. The Morgan fingerprint density at radius 3 is 1.90 bits per heavy atom. The van der Waals surface area contributed by atoms with E-state index in [1.807, 2.05) is 0 Å². The third-order valence-electron chi connectivity index (χ3n) is 5.63. The summed E-state index contributed by atoms with van der Waals surface area (Å²) >= 11 is 0. The summed E-state index contributed by atoms with van der Waals surface area (Å²) in [7, 11) is 0. The summed E-state index contributed by atoms with van der Waals surface area (Å²) < 4.78 is 29.9. The molecule has 1 radical (unpaired) electrons. The lowest BCUT2D eigenvalue weighted by Crippen LogP contribution is -2.59. The first-order valence-corrected chi connectivity index (χ1v) is 12.1. The molecule has 5 atom stereocenters. The molecular formula is C25H34F2N5O7. The SMILES string of the molecule is CC(C)[C@@H]([C]=O)NC(=O)C(F)(F)C(=O)C(Cc1ccccc1)NC(=O)[C@H](C)NC(=O)[C@H](C)NC(=O)[C@@H](N)CO. The van der Waals surface area contributed by atoms with E-state index in [9.17, 15) is 37.5 Å². The molecule has 0 saturated carbocycles. The second-order valence-electron chi connectivity index (χ2n) is 9.25. The van der Waals surface area contributed by atoms with Gasteiger partial charge in [-0.2, -0.15) is 8.78 Å². The lowest BCUT2D eigenvalue weighted by Gasteiger charge is -2.26. The first-order chi connectivity index (χ1) is 18.1. The standard InChI is InChI=1S/C25H34F2N5O7/c1-13(2)19(12-34)32-24(39)25(26,27)20(35)18(10-16-8-6-5-7-9-16)31-22(37)15(4)29-21(36)14(3)30-23(38)17(28)11-33/h5-9,13-15,17-19,33H,10-11,28H2,1-4H3,(H,29,36)(H,30,38)(H,31,37)(H,32,39)/t14-,15-,17-,18?,19+/m0/s1. The van der Waals surface area contributed by atoms with Gasteiger partial charge in [0.15, 0.2) is 0 Å². The van der Waals surface area contributed by atoms with Crippen LogP contribution in [-0.4, -0.2) is 83.5 Å². The number of aliphatic hydroxyl groups excluding tert-OH is 1. The molecule has 4 amide bonds. The Bertz CT molecular complexity index is 1040. The fourth-order valence-electron chi connectivity index (χ4n) is 3.12. The molecule has 12 nitrogen and oxygen atoms in total. The van der Waals surface area contributed by atoms with Crippen molar-refractivity contribution in [1.82, 2.24) is 21.3 Å². The molecule has 0 saturated heterocycles. The summed E-state index contributed by atoms with van der Waals surface area (Å²) in [6.07, 6.45) is 1.02. The number of benzene rings is 1. The molecular weight excluding hydrogens is 520 g/mol. The largest absolute Gasteiger partial charge is 0.394 e. The van der Waals surface area contributed by atoms with Crippen molar-refractivity contribution in [3.63, 3.8) is 0 Å². The van der Waals surface area contributed by atoms with Gasteiger partial charge in [-0.1, -0.05) is 44.2 Å². The smallest absolute Gasteiger partial charge is 0.383 e. The monoisotopic (exact) mass is 554 g/mol. The predicted octanol–water partition coefficient (Wildman–Crippen LogP) is -1.50. The molecule has 0 heterocycles. The van der Waals surface area contributed by atoms with Crippen LogP contribution in [0.1, 0.15) is 33.3 Å². The molecule has 1 aromatic rings. The van der Waals surface area contributed by atoms with Crippen molar-refractivity contribution in [1.29, 1.82) is 0 Å². The molecule has 39 heavy (non-hydrogen) atoms. The van der Waals surface area contributed by atoms with Crippen molar-refractivity contribution >= 4 is 35.7 Å². The second kappa shape index (κ2) is 15.0. The maximum absolute atomic E-state index is 14.9. The van der Waals surface area contributed by atoms with Crippen LogP contribution in [0.3, 0.4) is 0 Å². The number of Topliss-reactive ketones (excluding diaryl/α,β-unsaturated/α-hetero) is 1. The van der Waals surface area contributed by atoms with Gasteiger partial charge in [0.2, 0.25) is 29.8 Å². The van der Waals surface area contributed by atoms with Crippen LogP contribution in [0, 0.1) is 5.92 Å². The van der Waals surface area contributed by atoms with Gasteiger partial charge in [-0.3, -0.25) is 28.8 Å². The van der Waals surface area contributed by atoms with Gasteiger partial charge in [0.05, 0.1) is 18.7 Å². The van der Waals surface area contributed by atoms with Crippen molar-refractivity contribution in [3.05, 3.63) is 35.9 Å². The van der Waals surface area contributed by atoms with Crippen molar-refractivity contribution in [2.24, 2.45) is 11.7 Å². The molecule has 215 valence electrons. The van der Waals surface area contributed by atoms with Gasteiger partial charge in [0.1, 0.15) is 18.1 Å². The van der Waals surface area contributed by atoms with Gasteiger partial charge >= 0.3 is 5.92 Å². The Morgan fingerprint density at radius 2 is 1.41 bits per heavy atom. The highest BCUT2D eigenvalue weighted by Gasteiger charge is 2.51. The van der Waals surface area contributed by atoms with E-state index in [4.69, 9.17) is 10.8 Å². The molecule has 0 fully saturated rings. The lowest BCUT2D eigenvalue weighted by atomic mass is 9.97. The molecule has 1 aromatic carbocycles. The number of rotatable bonds is 15. The molecule has 0 aliphatic heterocycles. The van der Waals surface area contributed by atoms with Crippen LogP contribution < -0.4 is 27.0 Å². The van der Waals surface area contributed by atoms with Gasteiger partial charge in [-0.25, -0.2) is 0 Å². The Balaban J connectivity index is 3.06. The molecule has 1 unspecified atom stereocenters. The van der Waals surface area contributed by atoms with Crippen molar-refractivity contribution in [3.8, 4) is 0 Å². The van der Waals surface area contributed by atoms with E-state index in [0.29, 0.717) is 5.56 Å². The summed E-state index contributed by atoms with van der Waals surface area (Å²) in [5.74, 6) is -11.8. The lowest BCUT2D eigenvalue weighted by molar-refractivity contribution is -0.160. The van der Waals surface area contributed by atoms with Crippen molar-refractivity contribution < 1.29 is 42.7 Å². The maximum Gasteiger partial charge on any atom is 0.383 e. The number of amides is 4. The summed E-state index contributed by atoms with van der Waals surface area (Å²) in [6.45, 7) is 4.80. The molecule has 0 aliphatic carbocycles. The minimum Gasteiger partial charge on any atom is -0.394 e. The third-order valence-corrected chi connectivity index (χ3v) is 5.63. The third kappa shape index (κ3) is 9.80. The molecule has 7 N–H and O–H groups in total. The minimum absolute atomic E-state index is 0.391. The first-order valence-electron chi connectivity index (χ1n) is 12.1. The van der Waals surface area contributed by atoms with E-state index < -0.39 is 84.5 Å². The topological polar surface area (TPSA) is 197 Å². The summed E-state index contributed by atoms with van der Waals surface area (Å²) in [5, 5.41) is 17.4. The average Bonchev–Trinajstić information content (AvgIpc) is 2.90. The predicted molar refractivity (Wildman–Crippen MR) is 135 cm³/mol. The summed E-state index contributed by atoms with van der Waals surface area (Å²) in [5.41, 5.74) is 5.76. The van der Waals surface area contributed by atoms with Crippen LogP contribution in [0.15, 0.2) is 30.3 Å². The summed E-state index contributed by atoms with van der Waals surface area (Å²) in [4.78, 5) is 73.0. The van der Waals surface area contributed by atoms with Gasteiger partial charge in [-0.05, 0) is 25.3 Å². The average molecular weight is 555 g/mol. The number of carbonyl (C=O) groups excluding carboxylic acids is 6. The fraction of sp³-hybridized carbons (Fsp3) is 0.520. The maximum atomic E-state index is 14.9. The van der Waals surface area contributed by atoms with E-state index in [2.05, 4.69) is 16.0 Å². The number of halogens is 2. The van der Waals surface area contributed by atoms with E-state index in [1.54, 1.807) is 23.5 Å². The van der Waals surface area contributed by atoms with E-state index in [0.717, 1.165) is 0 Å². The molecule has 0 aromatic heterocycles. The number of alkyl halides is 2. The first kappa shape index (κ1) is 33.2. The van der Waals surface area contributed by atoms with E-state index >= 15 is 0 Å². The number of nitrogens with one attached hydrogen (secondary N) is 4. The van der Waals surface area contributed by atoms with Crippen LogP contribution in [0.4, 0.5) is 8.78 Å². The highest BCUT2D eigenvalue weighted by Crippen LogP contribution is 2.20. The van der Waals surface area contributed by atoms with Crippen molar-refractivity contribution in [2.45, 2.75) is 70.2 Å². The fourth-order valence-corrected chi connectivity index (χ4v) is 3.12. The van der Waals surface area contributed by atoms with Gasteiger partial charge in [0, 0.05) is 6.42 Å². The Hall–Kier alpha value is -3.78. The second-order valence-corrected chi connectivity index (χ2v) is 9.25. The molecule has 1 rings (SSSR count). The van der Waals surface area contributed by atoms with Gasteiger partial charge < -0.3 is 32.1 Å². The quantitative estimate of drug-likeness (QED) is 0.141. The van der Waals surface area contributed by atoms with Crippen LogP contribution in [0.2, 0.25) is 0 Å². The number of carbonyl (C=O) groups is 5. The zero-order chi connectivity index (χ0) is 29.9. The molecule has 14 heteroatoms. The van der Waals surface area contributed by atoms with Crippen LogP contribution in [0.5, 0.6) is 0 Å². The van der Waals surface area contributed by atoms with Gasteiger partial charge in [0.25, 0.3) is 5.91 Å². The van der Waals surface area contributed by atoms with Gasteiger partial charge in [-0.15, -0.1) is 0 Å². The van der Waals surface area contributed by atoms with Crippen molar-refractivity contribution in [2.75, 3.05) is 6.61 Å². The number of hydrogen-bond donors (Lipinski definition) is 6. The minimum atomic E-state index is -4.62. The Kier molecular flexibility index (Phi) is 12.8.